The largest absolute Gasteiger partial charge is 0.497 e. The van der Waals surface area contributed by atoms with Crippen LogP contribution in [0, 0.1) is 0 Å². The van der Waals surface area contributed by atoms with Crippen molar-refractivity contribution in [3.63, 3.8) is 0 Å². The van der Waals surface area contributed by atoms with E-state index in [4.69, 9.17) is 24.9 Å². The number of imidazole rings is 1. The Morgan fingerprint density at radius 2 is 1.67 bits per heavy atom. The van der Waals surface area contributed by atoms with Crippen LogP contribution in [-0.2, 0) is 34.1 Å². The fraction of sp³-hybridized carbons (Fsp3) is 0.304. The summed E-state index contributed by atoms with van der Waals surface area (Å²) in [5, 5.41) is 12.8. The number of nitrogens with zero attached hydrogens (tertiary/aromatic N) is 6. The van der Waals surface area contributed by atoms with Crippen LogP contribution in [0.4, 0.5) is 11.6 Å². The predicted octanol–water partition coefficient (Wildman–Crippen LogP) is 4.71. The van der Waals surface area contributed by atoms with Crippen LogP contribution in [0.15, 0.2) is 85.3 Å². The Morgan fingerprint density at radius 3 is 2.45 bits per heavy atom. The summed E-state index contributed by atoms with van der Waals surface area (Å²) in [4.78, 5) is 73.4. The number of nitrogens with two attached hydrogens (primary N) is 1. The second kappa shape index (κ2) is 19.1. The average molecular weight is 869 g/mol. The van der Waals surface area contributed by atoms with Crippen LogP contribution in [0.2, 0.25) is 0 Å². The van der Waals surface area contributed by atoms with Crippen LogP contribution in [-0.4, -0.2) is 92.1 Å². The zero-order chi connectivity index (χ0) is 44.7. The highest BCUT2D eigenvalue weighted by Crippen LogP contribution is 2.33. The van der Waals surface area contributed by atoms with Crippen LogP contribution in [0.5, 0.6) is 17.2 Å². The number of methoxy groups -OCH3 is 2. The molecule has 1 unspecified atom stereocenters. The van der Waals surface area contributed by atoms with Gasteiger partial charge < -0.3 is 30.6 Å². The Balaban J connectivity index is 0.769. The number of imide groups is 2. The average Bonchev–Trinajstić information content (AvgIpc) is 3.97. The summed E-state index contributed by atoms with van der Waals surface area (Å²) in [6.07, 6.45) is 8.70. The topological polar surface area (TPSA) is 227 Å². The van der Waals surface area contributed by atoms with Crippen molar-refractivity contribution in [3.8, 4) is 28.4 Å². The molecule has 0 radical (unpaired) electrons. The normalized spacial score (nSPS) is 14.7. The number of nitrogen functional groups attached to an aromatic ring is 1. The third-order valence-corrected chi connectivity index (χ3v) is 11.2. The van der Waals surface area contributed by atoms with Gasteiger partial charge in [0.1, 0.15) is 30.5 Å². The first kappa shape index (κ1) is 42.9. The fourth-order valence-electron chi connectivity index (χ4n) is 7.86. The van der Waals surface area contributed by atoms with E-state index in [-0.39, 0.29) is 36.4 Å². The Bertz CT molecular complexity index is 2730. The Kier molecular flexibility index (Phi) is 12.8. The molecular formula is C46H48N10O8. The van der Waals surface area contributed by atoms with Crippen LogP contribution in [0.25, 0.3) is 22.3 Å². The number of anilines is 2. The van der Waals surface area contributed by atoms with Crippen molar-refractivity contribution in [1.82, 2.24) is 39.8 Å². The Labute approximate surface area is 368 Å². The lowest BCUT2D eigenvalue weighted by atomic mass is 10.0. The van der Waals surface area contributed by atoms with Crippen molar-refractivity contribution in [1.29, 1.82) is 0 Å². The smallest absolute Gasteiger partial charge is 0.264 e. The molecule has 0 spiro atoms. The third kappa shape index (κ3) is 9.35. The molecule has 1 saturated heterocycles. The van der Waals surface area contributed by atoms with Gasteiger partial charge in [0.05, 0.1) is 38.1 Å². The molecule has 2 aliphatic rings. The van der Waals surface area contributed by atoms with Gasteiger partial charge in [0.2, 0.25) is 23.7 Å². The maximum absolute atomic E-state index is 13.3. The molecule has 5 heterocycles. The first-order valence-corrected chi connectivity index (χ1v) is 21.0. The number of unbranched alkanes of at least 4 members (excludes halogenated alkanes) is 3. The molecule has 0 bridgehead atoms. The summed E-state index contributed by atoms with van der Waals surface area (Å²) in [5.41, 5.74) is 12.1. The molecule has 18 nitrogen and oxygen atoms in total. The molecule has 6 aromatic rings. The molecule has 3 aromatic heterocycles. The SMILES string of the molecule is COc1ccc(COc2ccc(Cn3c(N)nc4cc(-c5cnn(CC(=O)NCCCCCCNc6cccc7c6C(=O)N(C6CCC(=O)NC6=O)C7=O)c5)cnc43)cc2OC)cc1. The third-order valence-electron chi connectivity index (χ3n) is 11.2. The van der Waals surface area contributed by atoms with E-state index in [0.717, 1.165) is 58.6 Å². The number of rotatable bonds is 19. The summed E-state index contributed by atoms with van der Waals surface area (Å²) in [5.74, 6) is 0.00352. The molecule has 64 heavy (non-hydrogen) atoms. The van der Waals surface area contributed by atoms with Gasteiger partial charge in [0.25, 0.3) is 11.8 Å². The first-order chi connectivity index (χ1) is 31.1. The van der Waals surface area contributed by atoms with E-state index in [1.54, 1.807) is 55.7 Å². The lowest BCUT2D eigenvalue weighted by Gasteiger charge is -2.27. The zero-order valence-electron chi connectivity index (χ0n) is 35.5. The molecule has 0 aliphatic carbocycles. The number of pyridine rings is 1. The number of carbonyl (C=O) groups is 5. The molecule has 330 valence electrons. The highest BCUT2D eigenvalue weighted by atomic mass is 16.5. The summed E-state index contributed by atoms with van der Waals surface area (Å²) in [6, 6.07) is 19.3. The quantitative estimate of drug-likeness (QED) is 0.0640. The van der Waals surface area contributed by atoms with Crippen LogP contribution in [0.3, 0.4) is 0 Å². The molecule has 3 aromatic carbocycles. The monoisotopic (exact) mass is 868 g/mol. The second-order valence-corrected chi connectivity index (χ2v) is 15.5. The number of benzene rings is 3. The maximum Gasteiger partial charge on any atom is 0.264 e. The summed E-state index contributed by atoms with van der Waals surface area (Å²) in [6.45, 7) is 1.91. The lowest BCUT2D eigenvalue weighted by Crippen LogP contribution is -2.54. The molecule has 5 N–H and O–H groups in total. The highest BCUT2D eigenvalue weighted by molar-refractivity contribution is 6.25. The van der Waals surface area contributed by atoms with E-state index in [0.29, 0.717) is 60.5 Å². The molecule has 18 heteroatoms. The van der Waals surface area contributed by atoms with E-state index >= 15 is 0 Å². The molecule has 1 fully saturated rings. The van der Waals surface area contributed by atoms with E-state index in [1.807, 2.05) is 53.1 Å². The van der Waals surface area contributed by atoms with Gasteiger partial charge in [-0.3, -0.25) is 43.4 Å². The molecule has 1 atom stereocenters. The van der Waals surface area contributed by atoms with Crippen molar-refractivity contribution >= 4 is 52.3 Å². The Morgan fingerprint density at radius 1 is 0.875 bits per heavy atom. The first-order valence-electron chi connectivity index (χ1n) is 21.0. The fourth-order valence-corrected chi connectivity index (χ4v) is 7.86. The van der Waals surface area contributed by atoms with Gasteiger partial charge in [-0.05, 0) is 72.9 Å². The highest BCUT2D eigenvalue weighted by Gasteiger charge is 2.45. The van der Waals surface area contributed by atoms with Gasteiger partial charge in [-0.2, -0.15) is 5.10 Å². The van der Waals surface area contributed by atoms with E-state index in [1.165, 1.54) is 0 Å². The van der Waals surface area contributed by atoms with Crippen LogP contribution in [0.1, 0.15) is 70.4 Å². The molecular weight excluding hydrogens is 821 g/mol. The lowest BCUT2D eigenvalue weighted by molar-refractivity contribution is -0.136. The zero-order valence-corrected chi connectivity index (χ0v) is 35.5. The summed E-state index contributed by atoms with van der Waals surface area (Å²) < 4.78 is 20.3. The van der Waals surface area contributed by atoms with Gasteiger partial charge in [-0.15, -0.1) is 0 Å². The van der Waals surface area contributed by atoms with Gasteiger partial charge in [-0.25, -0.2) is 9.97 Å². The number of fused-ring (bicyclic) bond motifs is 2. The molecule has 2 aliphatic heterocycles. The number of hydrogen-bond donors (Lipinski definition) is 4. The van der Waals surface area contributed by atoms with Crippen molar-refractivity contribution in [3.05, 3.63) is 108 Å². The maximum atomic E-state index is 13.3. The van der Waals surface area contributed by atoms with Gasteiger partial charge in [0, 0.05) is 48.7 Å². The van der Waals surface area contributed by atoms with E-state index in [2.05, 4.69) is 26.0 Å². The number of nitrogens with one attached hydrogen (secondary N) is 3. The number of hydrogen-bond acceptors (Lipinski definition) is 13. The summed E-state index contributed by atoms with van der Waals surface area (Å²) in [7, 11) is 3.23. The van der Waals surface area contributed by atoms with Crippen molar-refractivity contribution in [2.75, 3.05) is 38.4 Å². The van der Waals surface area contributed by atoms with Crippen LogP contribution < -0.4 is 35.9 Å². The Hall–Kier alpha value is -7.76. The minimum absolute atomic E-state index is 0.0551. The second-order valence-electron chi connectivity index (χ2n) is 15.5. The predicted molar refractivity (Wildman–Crippen MR) is 236 cm³/mol. The standard InChI is InChI=1S/C46H48N10O8/c1-62-32-13-10-28(11-14-32)27-64-37-16-12-29(20-38(37)63-2)24-55-42-35(52-46(55)47)21-30(22-50-42)31-23-51-54(25-31)26-40(58)49-19-6-4-3-5-18-48-34-9-7-8-33-41(34)45(61)56(44(33)60)36-15-17-39(57)53-43(36)59/h7-14,16,20-23,25,36,48H,3-6,15,17-19,24,26-27H2,1-2H3,(H2,47,52)(H,49,58)(H,53,57,59). The van der Waals surface area contributed by atoms with Crippen LogP contribution >= 0.6 is 0 Å². The van der Waals surface area contributed by atoms with Crippen molar-refractivity contribution < 1.29 is 38.2 Å². The summed E-state index contributed by atoms with van der Waals surface area (Å²) >= 11 is 0. The van der Waals surface area contributed by atoms with Crippen molar-refractivity contribution in [2.45, 2.75) is 64.3 Å². The molecule has 0 saturated carbocycles. The van der Waals surface area contributed by atoms with Crippen molar-refractivity contribution in [2.24, 2.45) is 0 Å². The number of amides is 5. The van der Waals surface area contributed by atoms with E-state index < -0.39 is 29.7 Å². The van der Waals surface area contributed by atoms with E-state index in [9.17, 15) is 24.0 Å². The number of aromatic nitrogens is 5. The number of piperidine rings is 1. The molecule has 5 amide bonds. The van der Waals surface area contributed by atoms with Gasteiger partial charge >= 0.3 is 0 Å². The number of carbonyl (C=O) groups excluding carboxylic acids is 5. The minimum Gasteiger partial charge on any atom is -0.497 e. The van der Waals surface area contributed by atoms with Gasteiger partial charge in [0.15, 0.2) is 17.1 Å². The van der Waals surface area contributed by atoms with Gasteiger partial charge in [-0.1, -0.05) is 37.1 Å². The number of ether oxygens (including phenoxy) is 3. The minimum atomic E-state index is -1.01. The molecule has 8 rings (SSSR count).